The van der Waals surface area contributed by atoms with E-state index >= 15 is 0 Å². The Morgan fingerprint density at radius 3 is 3.11 bits per heavy atom. The molecule has 3 nitrogen and oxygen atoms in total. The Labute approximate surface area is 112 Å². The van der Waals surface area contributed by atoms with Gasteiger partial charge in [-0.15, -0.1) is 0 Å². The number of anilines is 1. The largest absolute Gasteiger partial charge is 0.368 e. The van der Waals surface area contributed by atoms with E-state index < -0.39 is 0 Å². The molecule has 2 N–H and O–H groups in total. The van der Waals surface area contributed by atoms with Gasteiger partial charge >= 0.3 is 0 Å². The number of nitrogens with zero attached hydrogens (tertiary/aromatic N) is 1. The van der Waals surface area contributed by atoms with Crippen LogP contribution < -0.4 is 10.6 Å². The van der Waals surface area contributed by atoms with Crippen LogP contribution in [-0.2, 0) is 0 Å². The number of piperidine rings is 1. The molecule has 100 valence electrons. The van der Waals surface area contributed by atoms with Crippen molar-refractivity contribution < 1.29 is 4.39 Å². The Kier molecular flexibility index (Phi) is 3.60. The molecule has 1 aromatic carbocycles. The molecule has 0 aliphatic carbocycles. The fourth-order valence-corrected chi connectivity index (χ4v) is 2.64. The first kappa shape index (κ1) is 12.4. The van der Waals surface area contributed by atoms with E-state index in [1.54, 1.807) is 12.3 Å². The lowest BCUT2D eigenvalue weighted by molar-refractivity contribution is 0.414. The molecular formula is C15H18FN3. The number of rotatable bonds is 3. The van der Waals surface area contributed by atoms with Crippen molar-refractivity contribution >= 4 is 16.6 Å². The van der Waals surface area contributed by atoms with Crippen molar-refractivity contribution in [2.24, 2.45) is 0 Å². The molecule has 19 heavy (non-hydrogen) atoms. The normalized spacial score (nSPS) is 19.5. The summed E-state index contributed by atoms with van der Waals surface area (Å²) in [7, 11) is 0. The van der Waals surface area contributed by atoms with Gasteiger partial charge in [0.15, 0.2) is 0 Å². The Morgan fingerprint density at radius 1 is 1.32 bits per heavy atom. The second kappa shape index (κ2) is 5.53. The van der Waals surface area contributed by atoms with Crippen LogP contribution in [0.1, 0.15) is 19.3 Å². The zero-order valence-corrected chi connectivity index (χ0v) is 10.8. The van der Waals surface area contributed by atoms with E-state index in [1.807, 2.05) is 12.1 Å². The van der Waals surface area contributed by atoms with Crippen LogP contribution in [0.4, 0.5) is 10.2 Å². The maximum atomic E-state index is 13.9. The van der Waals surface area contributed by atoms with Crippen molar-refractivity contribution in [1.82, 2.24) is 10.3 Å². The first-order chi connectivity index (χ1) is 9.34. The summed E-state index contributed by atoms with van der Waals surface area (Å²) in [6.45, 7) is 1.87. The summed E-state index contributed by atoms with van der Waals surface area (Å²) in [6.07, 6.45) is 5.40. The highest BCUT2D eigenvalue weighted by Gasteiger charge is 2.13. The molecule has 0 amide bonds. The summed E-state index contributed by atoms with van der Waals surface area (Å²) in [5.41, 5.74) is 0. The van der Waals surface area contributed by atoms with Crippen LogP contribution in [0.5, 0.6) is 0 Å². The number of hydrogen-bond donors (Lipinski definition) is 2. The molecular weight excluding hydrogens is 241 g/mol. The average molecular weight is 259 g/mol. The molecule has 1 fully saturated rings. The summed E-state index contributed by atoms with van der Waals surface area (Å²) < 4.78 is 13.9. The van der Waals surface area contributed by atoms with E-state index in [0.29, 0.717) is 17.2 Å². The summed E-state index contributed by atoms with van der Waals surface area (Å²) in [4.78, 5) is 4.27. The highest BCUT2D eigenvalue weighted by molar-refractivity contribution is 5.92. The Hall–Kier alpha value is -1.68. The van der Waals surface area contributed by atoms with E-state index in [0.717, 1.165) is 18.5 Å². The lowest BCUT2D eigenvalue weighted by Crippen LogP contribution is -2.39. The van der Waals surface area contributed by atoms with Crippen LogP contribution in [0.15, 0.2) is 30.5 Å². The van der Waals surface area contributed by atoms with Gasteiger partial charge in [0.25, 0.3) is 0 Å². The SMILES string of the molecule is Fc1cccc2ccnc(NCC3CCCCN3)c12. The number of nitrogens with one attached hydrogen (secondary N) is 2. The van der Waals surface area contributed by atoms with Gasteiger partial charge in [0.2, 0.25) is 0 Å². The second-order valence-corrected chi connectivity index (χ2v) is 5.03. The number of hydrogen-bond acceptors (Lipinski definition) is 3. The quantitative estimate of drug-likeness (QED) is 0.890. The van der Waals surface area contributed by atoms with Gasteiger partial charge in [-0.1, -0.05) is 18.6 Å². The maximum Gasteiger partial charge on any atom is 0.136 e. The third-order valence-corrected chi connectivity index (χ3v) is 3.67. The molecule has 1 atom stereocenters. The molecule has 3 rings (SSSR count). The summed E-state index contributed by atoms with van der Waals surface area (Å²) >= 11 is 0. The molecule has 0 radical (unpaired) electrons. The fraction of sp³-hybridized carbons (Fsp3) is 0.400. The van der Waals surface area contributed by atoms with Gasteiger partial charge < -0.3 is 10.6 Å². The zero-order valence-electron chi connectivity index (χ0n) is 10.8. The monoisotopic (exact) mass is 259 g/mol. The predicted octanol–water partition coefficient (Wildman–Crippen LogP) is 2.93. The van der Waals surface area contributed by atoms with E-state index in [-0.39, 0.29) is 5.82 Å². The van der Waals surface area contributed by atoms with Crippen LogP contribution >= 0.6 is 0 Å². The lowest BCUT2D eigenvalue weighted by atomic mass is 10.1. The van der Waals surface area contributed by atoms with Crippen molar-refractivity contribution in [2.75, 3.05) is 18.4 Å². The molecule has 1 aliphatic rings. The van der Waals surface area contributed by atoms with Crippen molar-refractivity contribution in [3.05, 3.63) is 36.3 Å². The van der Waals surface area contributed by atoms with Gasteiger partial charge in [0.1, 0.15) is 11.6 Å². The topological polar surface area (TPSA) is 37.0 Å². The molecule has 2 heterocycles. The minimum Gasteiger partial charge on any atom is -0.368 e. The first-order valence-corrected chi connectivity index (χ1v) is 6.85. The van der Waals surface area contributed by atoms with Crippen molar-refractivity contribution in [1.29, 1.82) is 0 Å². The van der Waals surface area contributed by atoms with Crippen molar-refractivity contribution in [2.45, 2.75) is 25.3 Å². The van der Waals surface area contributed by atoms with Gasteiger partial charge in [-0.2, -0.15) is 0 Å². The third kappa shape index (κ3) is 2.68. The molecule has 4 heteroatoms. The average Bonchev–Trinajstić information content (AvgIpc) is 2.46. The van der Waals surface area contributed by atoms with E-state index in [4.69, 9.17) is 0 Å². The van der Waals surface area contributed by atoms with Gasteiger partial charge in [-0.05, 0) is 36.9 Å². The lowest BCUT2D eigenvalue weighted by Gasteiger charge is -2.24. The van der Waals surface area contributed by atoms with Gasteiger partial charge in [-0.25, -0.2) is 9.37 Å². The summed E-state index contributed by atoms with van der Waals surface area (Å²) in [6, 6.07) is 7.41. The third-order valence-electron chi connectivity index (χ3n) is 3.67. The van der Waals surface area contributed by atoms with Gasteiger partial charge in [0.05, 0.1) is 5.39 Å². The summed E-state index contributed by atoms with van der Waals surface area (Å²) in [5.74, 6) is 0.424. The standard InChI is InChI=1S/C15H18FN3/c16-13-6-3-4-11-7-9-18-15(14(11)13)19-10-12-5-1-2-8-17-12/h3-4,6-7,9,12,17H,1-2,5,8,10H2,(H,18,19). The molecule has 1 aromatic heterocycles. The number of aromatic nitrogens is 1. The Morgan fingerprint density at radius 2 is 2.26 bits per heavy atom. The summed E-state index contributed by atoms with van der Waals surface area (Å²) in [5, 5.41) is 8.22. The number of halogens is 1. The number of pyridine rings is 1. The molecule has 1 aliphatic heterocycles. The highest BCUT2D eigenvalue weighted by atomic mass is 19.1. The smallest absolute Gasteiger partial charge is 0.136 e. The number of benzene rings is 1. The van der Waals surface area contributed by atoms with E-state index in [1.165, 1.54) is 25.3 Å². The van der Waals surface area contributed by atoms with Crippen LogP contribution in [0.3, 0.4) is 0 Å². The first-order valence-electron chi connectivity index (χ1n) is 6.85. The van der Waals surface area contributed by atoms with Crippen LogP contribution in [0.25, 0.3) is 10.8 Å². The molecule has 0 saturated carbocycles. The van der Waals surface area contributed by atoms with Gasteiger partial charge in [0, 0.05) is 18.8 Å². The zero-order chi connectivity index (χ0) is 13.1. The van der Waals surface area contributed by atoms with Crippen molar-refractivity contribution in [3.63, 3.8) is 0 Å². The van der Waals surface area contributed by atoms with Gasteiger partial charge in [-0.3, -0.25) is 0 Å². The van der Waals surface area contributed by atoms with Crippen LogP contribution in [0.2, 0.25) is 0 Å². The highest BCUT2D eigenvalue weighted by Crippen LogP contribution is 2.24. The van der Waals surface area contributed by atoms with Crippen LogP contribution in [0, 0.1) is 5.82 Å². The minimum atomic E-state index is -0.218. The Balaban J connectivity index is 1.80. The molecule has 1 unspecified atom stereocenters. The van der Waals surface area contributed by atoms with Crippen LogP contribution in [-0.4, -0.2) is 24.1 Å². The van der Waals surface area contributed by atoms with Crippen molar-refractivity contribution in [3.8, 4) is 0 Å². The molecule has 1 saturated heterocycles. The Bertz CT molecular complexity index is 559. The van der Waals surface area contributed by atoms with E-state index in [2.05, 4.69) is 15.6 Å². The predicted molar refractivity (Wildman–Crippen MR) is 75.8 cm³/mol. The molecule has 2 aromatic rings. The minimum absolute atomic E-state index is 0.218. The fourth-order valence-electron chi connectivity index (χ4n) is 2.64. The molecule has 0 bridgehead atoms. The second-order valence-electron chi connectivity index (χ2n) is 5.03. The number of fused-ring (bicyclic) bond motifs is 1. The maximum absolute atomic E-state index is 13.9. The molecule has 0 spiro atoms. The van der Waals surface area contributed by atoms with E-state index in [9.17, 15) is 4.39 Å².